The van der Waals surface area contributed by atoms with Crippen molar-refractivity contribution in [2.24, 2.45) is 11.7 Å². The highest BCUT2D eigenvalue weighted by atomic mass is 15.2. The van der Waals surface area contributed by atoms with Gasteiger partial charge in [-0.25, -0.2) is 4.98 Å². The van der Waals surface area contributed by atoms with Crippen LogP contribution in [0.3, 0.4) is 0 Å². The summed E-state index contributed by atoms with van der Waals surface area (Å²) in [7, 11) is 2.01. The Labute approximate surface area is 97.0 Å². The van der Waals surface area contributed by atoms with Crippen molar-refractivity contribution < 1.29 is 0 Å². The Hall–Kier alpha value is -1.58. The number of pyridine rings is 1. The van der Waals surface area contributed by atoms with Gasteiger partial charge in [0, 0.05) is 13.6 Å². The van der Waals surface area contributed by atoms with Gasteiger partial charge in [0.15, 0.2) is 0 Å². The average Bonchev–Trinajstić information content (AvgIpc) is 2.28. The number of hydrogen-bond donors (Lipinski definition) is 2. The summed E-state index contributed by atoms with van der Waals surface area (Å²) in [4.78, 5) is 6.43. The minimum absolute atomic E-state index is 0.0128. The molecule has 0 spiro atoms. The molecule has 0 radical (unpaired) electrons. The molecule has 16 heavy (non-hydrogen) atoms. The molecule has 0 saturated carbocycles. The topological polar surface area (TPSA) is 66.0 Å². The van der Waals surface area contributed by atoms with Crippen LogP contribution in [0.1, 0.15) is 26.0 Å². The zero-order valence-corrected chi connectivity index (χ0v) is 10.2. The van der Waals surface area contributed by atoms with Crippen LogP contribution in [-0.4, -0.2) is 24.4 Å². The van der Waals surface area contributed by atoms with Gasteiger partial charge in [-0.2, -0.15) is 0 Å². The lowest BCUT2D eigenvalue weighted by Gasteiger charge is -2.22. The highest BCUT2D eigenvalue weighted by Crippen LogP contribution is 2.12. The third kappa shape index (κ3) is 3.22. The molecule has 0 aromatic carbocycles. The summed E-state index contributed by atoms with van der Waals surface area (Å²) in [6.45, 7) is 5.36. The number of nitrogen functional groups attached to an aromatic ring is 1. The Kier molecular flexibility index (Phi) is 4.28. The van der Waals surface area contributed by atoms with Crippen LogP contribution < -0.4 is 10.6 Å². The van der Waals surface area contributed by atoms with Crippen LogP contribution in [0.15, 0.2) is 18.2 Å². The van der Waals surface area contributed by atoms with Crippen LogP contribution in [0, 0.1) is 11.3 Å². The zero-order valence-electron chi connectivity index (χ0n) is 10.2. The van der Waals surface area contributed by atoms with E-state index in [4.69, 9.17) is 11.1 Å². The lowest BCUT2D eigenvalue weighted by Crippen LogP contribution is -2.25. The van der Waals surface area contributed by atoms with Crippen molar-refractivity contribution in [3.8, 4) is 0 Å². The van der Waals surface area contributed by atoms with E-state index in [1.54, 1.807) is 6.07 Å². The number of anilines is 1. The molecule has 1 heterocycles. The third-order valence-electron chi connectivity index (χ3n) is 2.68. The first-order valence-electron chi connectivity index (χ1n) is 5.57. The molecule has 1 aromatic rings. The molecule has 1 atom stereocenters. The van der Waals surface area contributed by atoms with Crippen LogP contribution in [0.2, 0.25) is 0 Å². The number of rotatable bonds is 5. The second-order valence-corrected chi connectivity index (χ2v) is 4.19. The van der Waals surface area contributed by atoms with E-state index < -0.39 is 0 Å². The number of amidine groups is 1. The molecule has 3 N–H and O–H groups in total. The lowest BCUT2D eigenvalue weighted by molar-refractivity contribution is 0.557. The summed E-state index contributed by atoms with van der Waals surface area (Å²) in [6, 6.07) is 5.57. The summed E-state index contributed by atoms with van der Waals surface area (Å²) in [5.41, 5.74) is 5.95. The van der Waals surface area contributed by atoms with Gasteiger partial charge < -0.3 is 10.6 Å². The molecule has 88 valence electrons. The van der Waals surface area contributed by atoms with E-state index in [0.717, 1.165) is 18.8 Å². The van der Waals surface area contributed by atoms with Crippen molar-refractivity contribution in [3.63, 3.8) is 0 Å². The normalized spacial score (nSPS) is 12.2. The van der Waals surface area contributed by atoms with E-state index in [1.807, 2.05) is 19.2 Å². The molecular weight excluding hydrogens is 200 g/mol. The largest absolute Gasteiger partial charge is 0.382 e. The minimum Gasteiger partial charge on any atom is -0.382 e. The van der Waals surface area contributed by atoms with Gasteiger partial charge in [0.25, 0.3) is 0 Å². The Morgan fingerprint density at radius 1 is 1.56 bits per heavy atom. The molecule has 4 nitrogen and oxygen atoms in total. The molecule has 1 rings (SSSR count). The van der Waals surface area contributed by atoms with Crippen LogP contribution in [0.5, 0.6) is 0 Å². The van der Waals surface area contributed by atoms with E-state index in [0.29, 0.717) is 11.6 Å². The third-order valence-corrected chi connectivity index (χ3v) is 2.68. The number of hydrogen-bond acceptors (Lipinski definition) is 3. The van der Waals surface area contributed by atoms with Crippen LogP contribution >= 0.6 is 0 Å². The molecular formula is C12H20N4. The second-order valence-electron chi connectivity index (χ2n) is 4.19. The zero-order chi connectivity index (χ0) is 12.1. The van der Waals surface area contributed by atoms with Gasteiger partial charge in [0.1, 0.15) is 17.3 Å². The Balaban J connectivity index is 2.79. The van der Waals surface area contributed by atoms with E-state index in [2.05, 4.69) is 23.7 Å². The van der Waals surface area contributed by atoms with Crippen molar-refractivity contribution in [2.45, 2.75) is 20.3 Å². The monoisotopic (exact) mass is 220 g/mol. The predicted molar refractivity (Wildman–Crippen MR) is 68.0 cm³/mol. The van der Waals surface area contributed by atoms with Gasteiger partial charge >= 0.3 is 0 Å². The Bertz CT molecular complexity index is 362. The average molecular weight is 220 g/mol. The van der Waals surface area contributed by atoms with E-state index in [9.17, 15) is 0 Å². The molecule has 4 heteroatoms. The molecule has 0 aliphatic carbocycles. The molecule has 0 saturated heterocycles. The predicted octanol–water partition coefficient (Wildman–Crippen LogP) is 1.85. The van der Waals surface area contributed by atoms with E-state index >= 15 is 0 Å². The van der Waals surface area contributed by atoms with Gasteiger partial charge in [-0.1, -0.05) is 26.3 Å². The van der Waals surface area contributed by atoms with Crippen LogP contribution in [0.4, 0.5) is 5.82 Å². The summed E-state index contributed by atoms with van der Waals surface area (Å²) in [5.74, 6) is 1.51. The van der Waals surface area contributed by atoms with E-state index in [-0.39, 0.29) is 5.84 Å². The van der Waals surface area contributed by atoms with E-state index in [1.165, 1.54) is 0 Å². The summed E-state index contributed by atoms with van der Waals surface area (Å²) in [5, 5.41) is 7.35. The molecule has 0 bridgehead atoms. The number of nitrogens with zero attached hydrogens (tertiary/aromatic N) is 2. The highest BCUT2D eigenvalue weighted by molar-refractivity contribution is 5.93. The van der Waals surface area contributed by atoms with Gasteiger partial charge in [-0.15, -0.1) is 0 Å². The maximum Gasteiger partial charge on any atom is 0.141 e. The van der Waals surface area contributed by atoms with Gasteiger partial charge in [0.05, 0.1) is 0 Å². The second kappa shape index (κ2) is 5.49. The maximum atomic E-state index is 7.35. The fraction of sp³-hybridized carbons (Fsp3) is 0.500. The number of nitrogens with one attached hydrogen (secondary N) is 1. The first-order chi connectivity index (χ1) is 7.54. The van der Waals surface area contributed by atoms with Crippen molar-refractivity contribution in [3.05, 3.63) is 23.9 Å². The quantitative estimate of drug-likeness (QED) is 0.588. The molecule has 0 aliphatic rings. The minimum atomic E-state index is 0.0128. The van der Waals surface area contributed by atoms with Gasteiger partial charge in [0.2, 0.25) is 0 Å². The Morgan fingerprint density at radius 2 is 2.25 bits per heavy atom. The SMILES string of the molecule is CCC(C)CN(C)c1cccc(C(=N)N)n1. The molecule has 0 aliphatic heterocycles. The molecule has 1 aromatic heterocycles. The van der Waals surface area contributed by atoms with Gasteiger partial charge in [-0.3, -0.25) is 5.41 Å². The fourth-order valence-corrected chi connectivity index (χ4v) is 1.48. The first kappa shape index (κ1) is 12.5. The van der Waals surface area contributed by atoms with Crippen molar-refractivity contribution in [2.75, 3.05) is 18.5 Å². The van der Waals surface area contributed by atoms with Crippen molar-refractivity contribution >= 4 is 11.7 Å². The summed E-state index contributed by atoms with van der Waals surface area (Å²) >= 11 is 0. The molecule has 1 unspecified atom stereocenters. The van der Waals surface area contributed by atoms with Gasteiger partial charge in [-0.05, 0) is 18.1 Å². The fourth-order valence-electron chi connectivity index (χ4n) is 1.48. The maximum absolute atomic E-state index is 7.35. The molecule has 0 amide bonds. The Morgan fingerprint density at radius 3 is 2.81 bits per heavy atom. The number of nitrogens with two attached hydrogens (primary N) is 1. The highest BCUT2D eigenvalue weighted by Gasteiger charge is 2.08. The van der Waals surface area contributed by atoms with Crippen LogP contribution in [-0.2, 0) is 0 Å². The van der Waals surface area contributed by atoms with Crippen molar-refractivity contribution in [1.82, 2.24) is 4.98 Å². The standard InChI is InChI=1S/C12H20N4/c1-4-9(2)8-16(3)11-7-5-6-10(15-11)12(13)14/h5-7,9H,4,8H2,1-3H3,(H3,13,14). The number of aromatic nitrogens is 1. The van der Waals surface area contributed by atoms with Crippen molar-refractivity contribution in [1.29, 1.82) is 5.41 Å². The van der Waals surface area contributed by atoms with Crippen LogP contribution in [0.25, 0.3) is 0 Å². The smallest absolute Gasteiger partial charge is 0.141 e. The first-order valence-corrected chi connectivity index (χ1v) is 5.57. The summed E-state index contributed by atoms with van der Waals surface area (Å²) in [6.07, 6.45) is 1.15. The lowest BCUT2D eigenvalue weighted by atomic mass is 10.1. The molecule has 0 fully saturated rings. The summed E-state index contributed by atoms with van der Waals surface area (Å²) < 4.78 is 0.